The Morgan fingerprint density at radius 1 is 1.31 bits per heavy atom. The van der Waals surface area contributed by atoms with Crippen LogP contribution in [0.1, 0.15) is 10.4 Å². The first-order valence-corrected chi connectivity index (χ1v) is 5.33. The van der Waals surface area contributed by atoms with Crippen molar-refractivity contribution < 1.29 is 14.3 Å². The van der Waals surface area contributed by atoms with E-state index in [1.165, 1.54) is 7.11 Å². The van der Waals surface area contributed by atoms with E-state index in [0.717, 1.165) is 0 Å². The van der Waals surface area contributed by atoms with Crippen molar-refractivity contribution in [3.63, 3.8) is 0 Å². The topological polar surface area (TPSA) is 35.5 Å². The lowest BCUT2D eigenvalue weighted by Crippen LogP contribution is -2.01. The number of esters is 1. The minimum absolute atomic E-state index is 0.353. The summed E-state index contributed by atoms with van der Waals surface area (Å²) in [6, 6.07) is 6.76. The Morgan fingerprint density at radius 3 is 2.56 bits per heavy atom. The third kappa shape index (κ3) is 3.95. The highest BCUT2D eigenvalue weighted by atomic mass is 35.5. The van der Waals surface area contributed by atoms with Gasteiger partial charge in [0.2, 0.25) is 0 Å². The van der Waals surface area contributed by atoms with Gasteiger partial charge in [0.1, 0.15) is 12.4 Å². The van der Waals surface area contributed by atoms with Gasteiger partial charge < -0.3 is 9.47 Å². The molecule has 86 valence electrons. The van der Waals surface area contributed by atoms with E-state index in [1.807, 2.05) is 12.2 Å². The maximum Gasteiger partial charge on any atom is 0.337 e. The van der Waals surface area contributed by atoms with Gasteiger partial charge in [0.15, 0.2) is 0 Å². The largest absolute Gasteiger partial charge is 0.490 e. The normalized spacial score (nSPS) is 10.4. The summed E-state index contributed by atoms with van der Waals surface area (Å²) < 4.78 is 9.96. The predicted octanol–water partition coefficient (Wildman–Crippen LogP) is 2.65. The SMILES string of the molecule is COC(=O)c1ccc(OC/C=C/CCl)cc1. The molecule has 4 heteroatoms. The van der Waals surface area contributed by atoms with Crippen LogP contribution in [0.2, 0.25) is 0 Å². The van der Waals surface area contributed by atoms with Crippen LogP contribution in [0.25, 0.3) is 0 Å². The highest BCUT2D eigenvalue weighted by Gasteiger charge is 2.03. The van der Waals surface area contributed by atoms with Crippen LogP contribution in [0.4, 0.5) is 0 Å². The summed E-state index contributed by atoms with van der Waals surface area (Å²) in [5.41, 5.74) is 0.506. The second kappa shape index (κ2) is 6.90. The molecule has 0 spiro atoms. The molecule has 0 saturated heterocycles. The van der Waals surface area contributed by atoms with Crippen molar-refractivity contribution in [2.75, 3.05) is 19.6 Å². The number of methoxy groups -OCH3 is 1. The van der Waals surface area contributed by atoms with Gasteiger partial charge in [-0.1, -0.05) is 12.2 Å². The third-order valence-corrected chi connectivity index (χ3v) is 2.06. The van der Waals surface area contributed by atoms with Crippen LogP contribution in [0.5, 0.6) is 5.75 Å². The second-order valence-electron chi connectivity index (χ2n) is 2.95. The molecule has 0 heterocycles. The van der Waals surface area contributed by atoms with Crippen LogP contribution in [0.3, 0.4) is 0 Å². The first-order chi connectivity index (χ1) is 7.77. The number of benzene rings is 1. The van der Waals surface area contributed by atoms with Gasteiger partial charge in [0.25, 0.3) is 0 Å². The quantitative estimate of drug-likeness (QED) is 0.451. The average Bonchev–Trinajstić information content (AvgIpc) is 2.34. The minimum atomic E-state index is -0.353. The molecule has 0 atom stereocenters. The lowest BCUT2D eigenvalue weighted by molar-refractivity contribution is 0.0600. The summed E-state index contributed by atoms with van der Waals surface area (Å²) >= 11 is 5.46. The van der Waals surface area contributed by atoms with E-state index >= 15 is 0 Å². The molecule has 1 aromatic rings. The van der Waals surface area contributed by atoms with E-state index < -0.39 is 0 Å². The molecule has 1 rings (SSSR count). The fourth-order valence-electron chi connectivity index (χ4n) is 1.08. The number of carbonyl (C=O) groups excluding carboxylic acids is 1. The summed E-state index contributed by atoms with van der Waals surface area (Å²) in [6.45, 7) is 0.463. The molecule has 0 aliphatic carbocycles. The van der Waals surface area contributed by atoms with E-state index in [0.29, 0.717) is 23.8 Å². The second-order valence-corrected chi connectivity index (χ2v) is 3.26. The number of alkyl halides is 1. The highest BCUT2D eigenvalue weighted by Crippen LogP contribution is 2.12. The van der Waals surface area contributed by atoms with Crippen LogP contribution in [0.15, 0.2) is 36.4 Å². The maximum absolute atomic E-state index is 11.1. The van der Waals surface area contributed by atoms with Gasteiger partial charge in [-0.3, -0.25) is 0 Å². The zero-order valence-corrected chi connectivity index (χ0v) is 9.74. The van der Waals surface area contributed by atoms with Crippen LogP contribution >= 0.6 is 11.6 Å². The number of allylic oxidation sites excluding steroid dienone is 1. The first-order valence-electron chi connectivity index (χ1n) is 4.80. The Labute approximate surface area is 99.6 Å². The minimum Gasteiger partial charge on any atom is -0.490 e. The number of halogens is 1. The van der Waals surface area contributed by atoms with Crippen molar-refractivity contribution >= 4 is 17.6 Å². The van der Waals surface area contributed by atoms with Gasteiger partial charge in [-0.2, -0.15) is 0 Å². The van der Waals surface area contributed by atoms with Crippen LogP contribution in [-0.2, 0) is 4.74 Å². The summed E-state index contributed by atoms with van der Waals surface area (Å²) in [5.74, 6) is 0.824. The Morgan fingerprint density at radius 2 is 2.00 bits per heavy atom. The van der Waals surface area contributed by atoms with Crippen LogP contribution in [-0.4, -0.2) is 25.6 Å². The summed E-state index contributed by atoms with van der Waals surface area (Å²) in [7, 11) is 1.35. The molecule has 16 heavy (non-hydrogen) atoms. The predicted molar refractivity (Wildman–Crippen MR) is 63.1 cm³/mol. The number of hydrogen-bond donors (Lipinski definition) is 0. The molecular formula is C12H13ClO3. The molecule has 0 aromatic heterocycles. The smallest absolute Gasteiger partial charge is 0.337 e. The Bertz CT molecular complexity index is 357. The zero-order chi connectivity index (χ0) is 11.8. The molecule has 0 fully saturated rings. The number of hydrogen-bond acceptors (Lipinski definition) is 3. The summed E-state index contributed by atoms with van der Waals surface area (Å²) in [6.07, 6.45) is 3.64. The molecule has 0 saturated carbocycles. The average molecular weight is 241 g/mol. The molecule has 0 aliphatic heterocycles. The van der Waals surface area contributed by atoms with Crippen molar-refractivity contribution in [3.05, 3.63) is 42.0 Å². The maximum atomic E-state index is 11.1. The fourth-order valence-corrected chi connectivity index (χ4v) is 1.21. The van der Waals surface area contributed by atoms with Crippen molar-refractivity contribution in [2.24, 2.45) is 0 Å². The zero-order valence-electron chi connectivity index (χ0n) is 8.98. The van der Waals surface area contributed by atoms with Crippen molar-refractivity contribution in [2.45, 2.75) is 0 Å². The van der Waals surface area contributed by atoms with Gasteiger partial charge in [-0.05, 0) is 24.3 Å². The molecule has 0 N–H and O–H groups in total. The first kappa shape index (κ1) is 12.6. The van der Waals surface area contributed by atoms with E-state index in [2.05, 4.69) is 4.74 Å². The number of ether oxygens (including phenoxy) is 2. The third-order valence-electron chi connectivity index (χ3n) is 1.88. The monoisotopic (exact) mass is 240 g/mol. The number of rotatable bonds is 5. The van der Waals surface area contributed by atoms with Crippen LogP contribution in [0, 0.1) is 0 Å². The molecule has 0 aliphatic rings. The molecule has 0 bridgehead atoms. The summed E-state index contributed by atoms with van der Waals surface area (Å²) in [5, 5.41) is 0. The lowest BCUT2D eigenvalue weighted by atomic mass is 10.2. The standard InChI is InChI=1S/C12H13ClO3/c1-15-12(14)10-4-6-11(7-5-10)16-9-3-2-8-13/h2-7H,8-9H2,1H3/b3-2+. The summed E-state index contributed by atoms with van der Waals surface area (Å²) in [4.78, 5) is 11.1. The Kier molecular flexibility index (Phi) is 5.43. The van der Waals surface area contributed by atoms with Gasteiger partial charge in [0.05, 0.1) is 12.7 Å². The Balaban J connectivity index is 2.51. The van der Waals surface area contributed by atoms with Crippen LogP contribution < -0.4 is 4.74 Å². The van der Waals surface area contributed by atoms with E-state index in [1.54, 1.807) is 24.3 Å². The molecule has 0 radical (unpaired) electrons. The molecule has 0 unspecified atom stereocenters. The Hall–Kier alpha value is -1.48. The van der Waals surface area contributed by atoms with Crippen molar-refractivity contribution in [1.82, 2.24) is 0 Å². The molecule has 1 aromatic carbocycles. The molecular weight excluding hydrogens is 228 g/mol. The lowest BCUT2D eigenvalue weighted by Gasteiger charge is -2.03. The van der Waals surface area contributed by atoms with Gasteiger partial charge in [-0.15, -0.1) is 11.6 Å². The van der Waals surface area contributed by atoms with Crippen molar-refractivity contribution in [1.29, 1.82) is 0 Å². The van der Waals surface area contributed by atoms with E-state index in [4.69, 9.17) is 16.3 Å². The van der Waals surface area contributed by atoms with Gasteiger partial charge in [0, 0.05) is 5.88 Å². The fraction of sp³-hybridized carbons (Fsp3) is 0.250. The highest BCUT2D eigenvalue weighted by molar-refractivity contribution is 6.18. The van der Waals surface area contributed by atoms with Crippen molar-refractivity contribution in [3.8, 4) is 5.75 Å². The molecule has 3 nitrogen and oxygen atoms in total. The van der Waals surface area contributed by atoms with E-state index in [9.17, 15) is 4.79 Å². The van der Waals surface area contributed by atoms with Gasteiger partial charge >= 0.3 is 5.97 Å². The van der Waals surface area contributed by atoms with E-state index in [-0.39, 0.29) is 5.97 Å². The molecule has 0 amide bonds. The van der Waals surface area contributed by atoms with Gasteiger partial charge in [-0.25, -0.2) is 4.79 Å². The number of carbonyl (C=O) groups is 1.